The zero-order chi connectivity index (χ0) is 9.86. The van der Waals surface area contributed by atoms with Crippen LogP contribution in [0.3, 0.4) is 0 Å². The quantitative estimate of drug-likeness (QED) is 0.791. The lowest BCUT2D eigenvalue weighted by molar-refractivity contribution is 0.416. The van der Waals surface area contributed by atoms with E-state index in [4.69, 9.17) is 9.68 Å². The normalized spacial score (nSPS) is 26.2. The Morgan fingerprint density at radius 2 is 2.57 bits per heavy atom. The molecule has 14 heavy (non-hydrogen) atoms. The van der Waals surface area contributed by atoms with E-state index in [0.29, 0.717) is 0 Å². The highest BCUT2D eigenvalue weighted by Gasteiger charge is 2.32. The molecule has 1 fully saturated rings. The fourth-order valence-electron chi connectivity index (χ4n) is 1.96. The number of hydrogen-bond acceptors (Lipinski definition) is 3. The molecule has 3 heteroatoms. The van der Waals surface area contributed by atoms with Crippen LogP contribution in [0.5, 0.6) is 0 Å². The predicted molar refractivity (Wildman–Crippen MR) is 52.6 cm³/mol. The van der Waals surface area contributed by atoms with E-state index in [1.807, 2.05) is 12.1 Å². The molecule has 0 saturated carbocycles. The van der Waals surface area contributed by atoms with Gasteiger partial charge >= 0.3 is 0 Å². The van der Waals surface area contributed by atoms with Gasteiger partial charge in [0, 0.05) is 6.42 Å². The van der Waals surface area contributed by atoms with Crippen LogP contribution in [0, 0.1) is 11.3 Å². The summed E-state index contributed by atoms with van der Waals surface area (Å²) in [5.74, 6) is 0.966. The first-order valence-electron chi connectivity index (χ1n) is 5.03. The number of hydrogen-bond donors (Lipinski definition) is 1. The second-order valence-corrected chi connectivity index (χ2v) is 3.80. The third-order valence-corrected chi connectivity index (χ3v) is 2.84. The van der Waals surface area contributed by atoms with Gasteiger partial charge in [-0.2, -0.15) is 5.26 Å². The van der Waals surface area contributed by atoms with E-state index < -0.39 is 0 Å². The molecule has 1 aliphatic rings. The van der Waals surface area contributed by atoms with Crippen molar-refractivity contribution >= 4 is 0 Å². The lowest BCUT2D eigenvalue weighted by atomic mass is 9.93. The van der Waals surface area contributed by atoms with Gasteiger partial charge in [-0.3, -0.25) is 5.32 Å². The molecular formula is C11H14N2O. The van der Waals surface area contributed by atoms with Crippen molar-refractivity contribution in [2.75, 3.05) is 6.54 Å². The zero-order valence-electron chi connectivity index (χ0n) is 8.12. The molecule has 2 heterocycles. The Kier molecular flexibility index (Phi) is 2.55. The van der Waals surface area contributed by atoms with Gasteiger partial charge in [-0.05, 0) is 37.9 Å². The van der Waals surface area contributed by atoms with Crippen molar-refractivity contribution in [3.8, 4) is 6.07 Å². The van der Waals surface area contributed by atoms with Crippen LogP contribution in [-0.4, -0.2) is 12.1 Å². The van der Waals surface area contributed by atoms with Gasteiger partial charge in [0.05, 0.1) is 12.3 Å². The molecule has 2 rings (SSSR count). The smallest absolute Gasteiger partial charge is 0.107 e. The minimum atomic E-state index is -0.299. The molecule has 1 atom stereocenters. The average molecular weight is 190 g/mol. The highest BCUT2D eigenvalue weighted by atomic mass is 16.3. The fraction of sp³-hybridized carbons (Fsp3) is 0.545. The monoisotopic (exact) mass is 190 g/mol. The molecule has 0 bridgehead atoms. The number of nitrogens with one attached hydrogen (secondary N) is 1. The van der Waals surface area contributed by atoms with Gasteiger partial charge in [-0.1, -0.05) is 0 Å². The summed E-state index contributed by atoms with van der Waals surface area (Å²) in [6.07, 6.45) is 5.43. The van der Waals surface area contributed by atoms with Crippen molar-refractivity contribution < 1.29 is 4.42 Å². The molecule has 1 saturated heterocycles. The van der Waals surface area contributed by atoms with E-state index in [0.717, 1.165) is 38.0 Å². The van der Waals surface area contributed by atoms with Gasteiger partial charge in [0.2, 0.25) is 0 Å². The highest BCUT2D eigenvalue weighted by molar-refractivity contribution is 5.12. The molecule has 1 aromatic heterocycles. The molecule has 74 valence electrons. The summed E-state index contributed by atoms with van der Waals surface area (Å²) in [4.78, 5) is 0. The summed E-state index contributed by atoms with van der Waals surface area (Å²) in [6.45, 7) is 0.964. The topological polar surface area (TPSA) is 49.0 Å². The SMILES string of the molecule is N#CC1(CCc2ccco2)CCCN1. The number of nitriles is 1. The van der Waals surface area contributed by atoms with Crippen LogP contribution in [0.4, 0.5) is 0 Å². The standard InChI is InChI=1S/C11H14N2O/c12-9-11(5-2-7-13-11)6-4-10-3-1-8-14-10/h1,3,8,13H,2,4-7H2. The van der Waals surface area contributed by atoms with Crippen LogP contribution in [0.2, 0.25) is 0 Å². The van der Waals surface area contributed by atoms with Crippen molar-refractivity contribution in [1.29, 1.82) is 5.26 Å². The first-order valence-corrected chi connectivity index (χ1v) is 5.03. The Morgan fingerprint density at radius 3 is 3.14 bits per heavy atom. The van der Waals surface area contributed by atoms with E-state index in [2.05, 4.69) is 11.4 Å². The van der Waals surface area contributed by atoms with Crippen LogP contribution >= 0.6 is 0 Å². The minimum Gasteiger partial charge on any atom is -0.469 e. The molecule has 0 amide bonds. The molecule has 0 spiro atoms. The summed E-state index contributed by atoms with van der Waals surface area (Å²) in [6, 6.07) is 6.23. The van der Waals surface area contributed by atoms with E-state index in [1.54, 1.807) is 6.26 Å². The third-order valence-electron chi connectivity index (χ3n) is 2.84. The second kappa shape index (κ2) is 3.85. The molecule has 0 aromatic carbocycles. The molecular weight excluding hydrogens is 176 g/mol. The maximum absolute atomic E-state index is 9.10. The maximum Gasteiger partial charge on any atom is 0.107 e. The Morgan fingerprint density at radius 1 is 1.64 bits per heavy atom. The molecule has 1 N–H and O–H groups in total. The first-order chi connectivity index (χ1) is 6.85. The molecule has 0 aliphatic carbocycles. The molecule has 0 radical (unpaired) electrons. The molecule has 1 aliphatic heterocycles. The van der Waals surface area contributed by atoms with Crippen LogP contribution in [0.25, 0.3) is 0 Å². The van der Waals surface area contributed by atoms with Crippen molar-refractivity contribution in [1.82, 2.24) is 5.32 Å². The van der Waals surface area contributed by atoms with E-state index in [-0.39, 0.29) is 5.54 Å². The number of furan rings is 1. The van der Waals surface area contributed by atoms with Crippen molar-refractivity contribution in [2.45, 2.75) is 31.2 Å². The summed E-state index contributed by atoms with van der Waals surface area (Å²) >= 11 is 0. The lowest BCUT2D eigenvalue weighted by Gasteiger charge is -2.19. The van der Waals surface area contributed by atoms with Gasteiger partial charge < -0.3 is 4.42 Å². The fourth-order valence-corrected chi connectivity index (χ4v) is 1.96. The highest BCUT2D eigenvalue weighted by Crippen LogP contribution is 2.24. The second-order valence-electron chi connectivity index (χ2n) is 3.80. The third kappa shape index (κ3) is 1.80. The summed E-state index contributed by atoms with van der Waals surface area (Å²) in [5, 5.41) is 12.4. The summed E-state index contributed by atoms with van der Waals surface area (Å²) in [5.41, 5.74) is -0.299. The van der Waals surface area contributed by atoms with Crippen molar-refractivity contribution in [3.05, 3.63) is 24.2 Å². The van der Waals surface area contributed by atoms with E-state index in [1.165, 1.54) is 0 Å². The van der Waals surface area contributed by atoms with E-state index in [9.17, 15) is 0 Å². The number of aryl methyl sites for hydroxylation is 1. The van der Waals surface area contributed by atoms with Crippen LogP contribution in [0.1, 0.15) is 25.0 Å². The molecule has 1 aromatic rings. The Bertz CT molecular complexity index is 318. The zero-order valence-corrected chi connectivity index (χ0v) is 8.12. The molecule has 3 nitrogen and oxygen atoms in total. The predicted octanol–water partition coefficient (Wildman–Crippen LogP) is 1.86. The van der Waals surface area contributed by atoms with Crippen LogP contribution < -0.4 is 5.32 Å². The van der Waals surface area contributed by atoms with Crippen molar-refractivity contribution in [3.63, 3.8) is 0 Å². The Balaban J connectivity index is 1.93. The average Bonchev–Trinajstić information content (AvgIpc) is 2.87. The maximum atomic E-state index is 9.10. The largest absolute Gasteiger partial charge is 0.469 e. The van der Waals surface area contributed by atoms with Crippen molar-refractivity contribution in [2.24, 2.45) is 0 Å². The van der Waals surface area contributed by atoms with Gasteiger partial charge in [-0.15, -0.1) is 0 Å². The number of nitrogens with zero attached hydrogens (tertiary/aromatic N) is 1. The first kappa shape index (κ1) is 9.29. The van der Waals surface area contributed by atoms with Crippen LogP contribution in [-0.2, 0) is 6.42 Å². The minimum absolute atomic E-state index is 0.299. The lowest BCUT2D eigenvalue weighted by Crippen LogP contribution is -2.38. The Hall–Kier alpha value is -1.27. The Labute approximate surface area is 83.7 Å². The molecule has 1 unspecified atom stereocenters. The van der Waals surface area contributed by atoms with E-state index >= 15 is 0 Å². The van der Waals surface area contributed by atoms with Gasteiger partial charge in [0.1, 0.15) is 11.3 Å². The summed E-state index contributed by atoms with van der Waals surface area (Å²) < 4.78 is 5.25. The van der Waals surface area contributed by atoms with Gasteiger partial charge in [0.15, 0.2) is 0 Å². The summed E-state index contributed by atoms with van der Waals surface area (Å²) in [7, 11) is 0. The van der Waals surface area contributed by atoms with Crippen LogP contribution in [0.15, 0.2) is 22.8 Å². The number of rotatable bonds is 3. The van der Waals surface area contributed by atoms with Gasteiger partial charge in [0.25, 0.3) is 0 Å². The van der Waals surface area contributed by atoms with Gasteiger partial charge in [-0.25, -0.2) is 0 Å².